The maximum absolute atomic E-state index is 13.0. The number of nitrogens with zero attached hydrogens (tertiary/aromatic N) is 4. The van der Waals surface area contributed by atoms with Crippen LogP contribution < -0.4 is 14.2 Å². The lowest BCUT2D eigenvalue weighted by Gasteiger charge is -2.34. The van der Waals surface area contributed by atoms with E-state index in [1.54, 1.807) is 36.5 Å². The van der Waals surface area contributed by atoms with Gasteiger partial charge in [0.15, 0.2) is 5.75 Å². The summed E-state index contributed by atoms with van der Waals surface area (Å²) in [6.07, 6.45) is 2.92. The summed E-state index contributed by atoms with van der Waals surface area (Å²) < 4.78 is 55.7. The molecule has 0 bridgehead atoms. The molecular formula is C41H39Cl2F3N4O4. The smallest absolute Gasteiger partial charge is 0.416 e. The first-order chi connectivity index (χ1) is 25.6. The molecule has 0 aliphatic carbocycles. The maximum Gasteiger partial charge on any atom is 0.416 e. The fourth-order valence-electron chi connectivity index (χ4n) is 5.73. The van der Waals surface area contributed by atoms with E-state index in [9.17, 15) is 18.0 Å². The summed E-state index contributed by atoms with van der Waals surface area (Å²) in [6, 6.07) is 25.9. The van der Waals surface area contributed by atoms with Crippen molar-refractivity contribution in [2.24, 2.45) is 0 Å². The Labute approximate surface area is 323 Å². The summed E-state index contributed by atoms with van der Waals surface area (Å²) in [4.78, 5) is 25.7. The fraction of sp³-hybridized carbons (Fsp3) is 0.244. The standard InChI is InChI=1S/C41H38ClF3N4O4.ClH/c1-29-24-33(25-36(42)40(29)53-38-15-14-35(26-47-38)52-28-32-9-12-34(13-10-32)41(43,44)45)11-16-39(50)49-21-19-48(20-22-49)27-31-7-5-30(6-8-31)17-23-51-37-4-2-3-18-46-37;/h2-16,18,24-26H,17,19-23,27-28H2,1H3;1H. The molecule has 5 aromatic rings. The van der Waals surface area contributed by atoms with Gasteiger partial charge in [0.2, 0.25) is 17.7 Å². The zero-order chi connectivity index (χ0) is 37.2. The second-order valence-corrected chi connectivity index (χ2v) is 13.0. The SMILES string of the molecule is Cc1cc(C=CC(=O)N2CCN(Cc3ccc(CCOc4ccccn4)cc3)CC2)cc(Cl)c1Oc1ccc(OCc2ccc(C(F)(F)F)cc2)cn1.Cl. The van der Waals surface area contributed by atoms with Crippen LogP contribution >= 0.6 is 24.0 Å². The lowest BCUT2D eigenvalue weighted by Crippen LogP contribution is -2.47. The number of alkyl halides is 3. The molecule has 0 N–H and O–H groups in total. The van der Waals surface area contributed by atoms with Crippen molar-refractivity contribution < 1.29 is 32.2 Å². The van der Waals surface area contributed by atoms with Gasteiger partial charge in [-0.2, -0.15) is 13.2 Å². The van der Waals surface area contributed by atoms with E-state index in [0.29, 0.717) is 47.7 Å². The number of ether oxygens (including phenoxy) is 3. The van der Waals surface area contributed by atoms with E-state index >= 15 is 0 Å². The maximum atomic E-state index is 13.0. The Bertz CT molecular complexity index is 1970. The van der Waals surface area contributed by atoms with E-state index in [1.165, 1.54) is 29.5 Å². The zero-order valence-electron chi connectivity index (χ0n) is 29.5. The number of halogens is 5. The summed E-state index contributed by atoms with van der Waals surface area (Å²) >= 11 is 6.58. The lowest BCUT2D eigenvalue weighted by molar-refractivity contribution is -0.137. The molecule has 1 amide bonds. The van der Waals surface area contributed by atoms with Crippen molar-refractivity contribution in [3.63, 3.8) is 0 Å². The summed E-state index contributed by atoms with van der Waals surface area (Å²) in [5.41, 5.74) is 3.84. The van der Waals surface area contributed by atoms with Crippen LogP contribution in [-0.4, -0.2) is 58.5 Å². The second kappa shape index (κ2) is 18.8. The molecule has 0 spiro atoms. The molecule has 54 heavy (non-hydrogen) atoms. The molecule has 1 aliphatic heterocycles. The van der Waals surface area contributed by atoms with Crippen molar-refractivity contribution >= 4 is 36.0 Å². The van der Waals surface area contributed by atoms with E-state index in [4.69, 9.17) is 25.8 Å². The van der Waals surface area contributed by atoms with Crippen LogP contribution in [0.5, 0.6) is 23.3 Å². The molecule has 3 heterocycles. The van der Waals surface area contributed by atoms with Crippen LogP contribution in [0.1, 0.15) is 33.4 Å². The minimum atomic E-state index is -4.39. The third kappa shape index (κ3) is 11.4. The van der Waals surface area contributed by atoms with Crippen molar-refractivity contribution in [3.05, 3.63) is 148 Å². The Kier molecular flexibility index (Phi) is 13.9. The molecule has 282 valence electrons. The highest BCUT2D eigenvalue weighted by Crippen LogP contribution is 2.34. The van der Waals surface area contributed by atoms with Crippen LogP contribution in [0.3, 0.4) is 0 Å². The van der Waals surface area contributed by atoms with E-state index in [-0.39, 0.29) is 30.8 Å². The van der Waals surface area contributed by atoms with E-state index in [1.807, 2.05) is 36.1 Å². The molecular weight excluding hydrogens is 740 g/mol. The van der Waals surface area contributed by atoms with E-state index < -0.39 is 11.7 Å². The summed E-state index contributed by atoms with van der Waals surface area (Å²) in [5.74, 6) is 1.72. The van der Waals surface area contributed by atoms with Gasteiger partial charge in [-0.05, 0) is 77.2 Å². The Hall–Kier alpha value is -5.10. The lowest BCUT2D eigenvalue weighted by atomic mass is 10.1. The van der Waals surface area contributed by atoms with Crippen molar-refractivity contribution in [2.45, 2.75) is 32.7 Å². The monoisotopic (exact) mass is 778 g/mol. The molecule has 0 saturated carbocycles. The Morgan fingerprint density at radius 2 is 1.57 bits per heavy atom. The van der Waals surface area contributed by atoms with Crippen molar-refractivity contribution in [2.75, 3.05) is 32.8 Å². The van der Waals surface area contributed by atoms with Crippen LogP contribution in [0, 0.1) is 6.92 Å². The van der Waals surface area contributed by atoms with Gasteiger partial charge < -0.3 is 19.1 Å². The number of aryl methyl sites for hydroxylation is 1. The number of hydrogen-bond acceptors (Lipinski definition) is 7. The van der Waals surface area contributed by atoms with Crippen molar-refractivity contribution in [1.82, 2.24) is 19.8 Å². The topological polar surface area (TPSA) is 77.0 Å². The number of rotatable bonds is 13. The highest BCUT2D eigenvalue weighted by atomic mass is 35.5. The number of amides is 1. The van der Waals surface area contributed by atoms with Gasteiger partial charge in [0.25, 0.3) is 0 Å². The number of carbonyl (C=O) groups excluding carboxylic acids is 1. The van der Waals surface area contributed by atoms with Gasteiger partial charge >= 0.3 is 6.18 Å². The predicted octanol–water partition coefficient (Wildman–Crippen LogP) is 9.23. The molecule has 0 unspecified atom stereocenters. The largest absolute Gasteiger partial charge is 0.487 e. The minimum absolute atomic E-state index is 0. The Morgan fingerprint density at radius 3 is 2.22 bits per heavy atom. The third-order valence-electron chi connectivity index (χ3n) is 8.66. The molecule has 8 nitrogen and oxygen atoms in total. The summed E-state index contributed by atoms with van der Waals surface area (Å²) in [7, 11) is 0. The average molecular weight is 780 g/mol. The van der Waals surface area contributed by atoms with Gasteiger partial charge in [0.1, 0.15) is 12.4 Å². The van der Waals surface area contributed by atoms with Crippen LogP contribution in [-0.2, 0) is 30.5 Å². The first-order valence-corrected chi connectivity index (χ1v) is 17.5. The average Bonchev–Trinajstić information content (AvgIpc) is 3.16. The number of pyridine rings is 2. The van der Waals surface area contributed by atoms with Crippen molar-refractivity contribution in [3.8, 4) is 23.3 Å². The van der Waals surface area contributed by atoms with Crippen LogP contribution in [0.4, 0.5) is 13.2 Å². The third-order valence-corrected chi connectivity index (χ3v) is 8.94. The number of aromatic nitrogens is 2. The molecule has 0 atom stereocenters. The first-order valence-electron chi connectivity index (χ1n) is 17.1. The summed E-state index contributed by atoms with van der Waals surface area (Å²) in [6.45, 7) is 6.20. The van der Waals surface area contributed by atoms with Gasteiger partial charge in [-0.15, -0.1) is 12.4 Å². The molecule has 6 rings (SSSR count). The van der Waals surface area contributed by atoms with Crippen LogP contribution in [0.15, 0.2) is 109 Å². The van der Waals surface area contributed by atoms with Gasteiger partial charge in [-0.25, -0.2) is 9.97 Å². The van der Waals surface area contributed by atoms with Gasteiger partial charge in [0, 0.05) is 63.6 Å². The molecule has 1 fully saturated rings. The van der Waals surface area contributed by atoms with E-state index in [0.717, 1.165) is 49.3 Å². The van der Waals surface area contributed by atoms with Crippen LogP contribution in [0.2, 0.25) is 5.02 Å². The van der Waals surface area contributed by atoms with E-state index in [2.05, 4.69) is 39.1 Å². The number of hydrogen-bond donors (Lipinski definition) is 0. The van der Waals surface area contributed by atoms with Crippen molar-refractivity contribution in [1.29, 1.82) is 0 Å². The Morgan fingerprint density at radius 1 is 0.852 bits per heavy atom. The summed E-state index contributed by atoms with van der Waals surface area (Å²) in [5, 5.41) is 0.362. The quantitative estimate of drug-likeness (QED) is 0.110. The fourth-order valence-corrected chi connectivity index (χ4v) is 6.04. The second-order valence-electron chi connectivity index (χ2n) is 12.6. The first kappa shape index (κ1) is 40.1. The molecule has 1 aliphatic rings. The highest BCUT2D eigenvalue weighted by Gasteiger charge is 2.30. The minimum Gasteiger partial charge on any atom is -0.487 e. The van der Waals surface area contributed by atoms with Gasteiger partial charge in [-0.3, -0.25) is 9.69 Å². The Balaban J connectivity index is 0.00000561. The molecule has 3 aromatic carbocycles. The number of piperazine rings is 1. The predicted molar refractivity (Wildman–Crippen MR) is 204 cm³/mol. The molecule has 2 aromatic heterocycles. The molecule has 1 saturated heterocycles. The molecule has 0 radical (unpaired) electrons. The normalized spacial score (nSPS) is 13.4. The van der Waals surface area contributed by atoms with Crippen LogP contribution in [0.25, 0.3) is 6.08 Å². The van der Waals surface area contributed by atoms with Gasteiger partial charge in [-0.1, -0.05) is 54.1 Å². The highest BCUT2D eigenvalue weighted by molar-refractivity contribution is 6.32. The zero-order valence-corrected chi connectivity index (χ0v) is 31.0. The van der Waals surface area contributed by atoms with Gasteiger partial charge in [0.05, 0.1) is 23.4 Å². The number of carbonyl (C=O) groups is 1. The molecule has 13 heteroatoms. The number of benzene rings is 3.